The summed E-state index contributed by atoms with van der Waals surface area (Å²) in [4.78, 5) is 14.1. The second-order valence-corrected chi connectivity index (χ2v) is 6.19. The van der Waals surface area contributed by atoms with Crippen LogP contribution in [0.15, 0.2) is 24.3 Å². The average molecular weight is 277 g/mol. The molecule has 0 fully saturated rings. The molecule has 1 amide bonds. The van der Waals surface area contributed by atoms with Crippen molar-refractivity contribution in [2.24, 2.45) is 0 Å². The third-order valence-electron chi connectivity index (χ3n) is 3.39. The van der Waals surface area contributed by atoms with Crippen molar-refractivity contribution in [1.29, 1.82) is 0 Å². The maximum atomic E-state index is 12.3. The summed E-state index contributed by atoms with van der Waals surface area (Å²) in [5.74, 6) is 0. The Balaban J connectivity index is 2.18. The molecule has 1 atom stereocenters. The monoisotopic (exact) mass is 277 g/mol. The highest BCUT2D eigenvalue weighted by Gasteiger charge is 2.35. The molecule has 0 aromatic heterocycles. The van der Waals surface area contributed by atoms with Gasteiger partial charge in [-0.25, -0.2) is 4.79 Å². The van der Waals surface area contributed by atoms with E-state index in [1.54, 1.807) is 4.90 Å². The van der Waals surface area contributed by atoms with E-state index in [2.05, 4.69) is 6.07 Å². The molecule has 4 nitrogen and oxygen atoms in total. The van der Waals surface area contributed by atoms with Crippen LogP contribution >= 0.6 is 0 Å². The maximum Gasteiger partial charge on any atom is 0.411 e. The predicted molar refractivity (Wildman–Crippen MR) is 77.3 cm³/mol. The first-order valence-corrected chi connectivity index (χ1v) is 7.10. The van der Waals surface area contributed by atoms with Crippen LogP contribution in [-0.4, -0.2) is 28.3 Å². The van der Waals surface area contributed by atoms with Crippen molar-refractivity contribution in [3.63, 3.8) is 0 Å². The molecule has 20 heavy (non-hydrogen) atoms. The van der Waals surface area contributed by atoms with E-state index < -0.39 is 5.60 Å². The van der Waals surface area contributed by atoms with Gasteiger partial charge in [-0.1, -0.05) is 24.3 Å². The maximum absolute atomic E-state index is 12.3. The Morgan fingerprint density at radius 3 is 2.75 bits per heavy atom. The Labute approximate surface area is 120 Å². The normalized spacial score (nSPS) is 18.0. The van der Waals surface area contributed by atoms with Gasteiger partial charge in [-0.05, 0) is 44.7 Å². The minimum absolute atomic E-state index is 0.00759. The summed E-state index contributed by atoms with van der Waals surface area (Å²) in [5.41, 5.74) is 1.85. The number of amides is 1. The zero-order chi connectivity index (χ0) is 14.8. The molecule has 0 spiro atoms. The second-order valence-electron chi connectivity index (χ2n) is 6.19. The summed E-state index contributed by atoms with van der Waals surface area (Å²) < 4.78 is 5.49. The fourth-order valence-corrected chi connectivity index (χ4v) is 2.57. The number of ether oxygens (including phenoxy) is 1. The molecule has 1 aromatic carbocycles. The highest BCUT2D eigenvalue weighted by atomic mass is 16.6. The molecule has 0 aliphatic carbocycles. The molecular weight excluding hydrogens is 254 g/mol. The van der Waals surface area contributed by atoms with E-state index in [1.165, 1.54) is 11.1 Å². The van der Waals surface area contributed by atoms with Crippen LogP contribution in [0.1, 0.15) is 50.8 Å². The number of carbonyl (C=O) groups excluding carboxylic acids is 1. The second kappa shape index (κ2) is 5.83. The van der Waals surface area contributed by atoms with E-state index >= 15 is 0 Å². The van der Waals surface area contributed by atoms with Crippen LogP contribution in [0.4, 0.5) is 4.79 Å². The molecule has 110 valence electrons. The van der Waals surface area contributed by atoms with E-state index in [4.69, 9.17) is 9.84 Å². The van der Waals surface area contributed by atoms with Gasteiger partial charge in [0, 0.05) is 13.2 Å². The summed E-state index contributed by atoms with van der Waals surface area (Å²) in [5, 5.41) is 9.05. The van der Waals surface area contributed by atoms with Crippen LogP contribution in [0, 0.1) is 0 Å². The van der Waals surface area contributed by atoms with Crippen molar-refractivity contribution >= 4 is 6.09 Å². The molecule has 1 aliphatic rings. The number of aliphatic hydroxyl groups is 1. The summed E-state index contributed by atoms with van der Waals surface area (Å²) in [6, 6.07) is 8.09. The molecular formula is C16H23NO3. The number of aliphatic hydroxyl groups excluding tert-OH is 1. The molecule has 0 radical (unpaired) electrons. The number of hydrogen-bond acceptors (Lipinski definition) is 3. The number of fused-ring (bicyclic) bond motifs is 1. The van der Waals surface area contributed by atoms with Gasteiger partial charge in [0.15, 0.2) is 0 Å². The molecule has 0 saturated heterocycles. The Kier molecular flexibility index (Phi) is 4.33. The standard InChI is InChI=1S/C16H23NO3/c1-16(2,3)20-15(19)17-11-12-7-4-5-8-13(12)14(17)9-6-10-18/h4-5,7-8,14,18H,6,9-11H2,1-3H3/t14-/m1/s1. The Morgan fingerprint density at radius 2 is 2.10 bits per heavy atom. The first-order chi connectivity index (χ1) is 9.42. The van der Waals surface area contributed by atoms with Gasteiger partial charge in [0.1, 0.15) is 5.60 Å². The number of benzene rings is 1. The topological polar surface area (TPSA) is 49.8 Å². The van der Waals surface area contributed by atoms with Crippen molar-refractivity contribution in [1.82, 2.24) is 4.90 Å². The fraction of sp³-hybridized carbons (Fsp3) is 0.562. The van der Waals surface area contributed by atoms with Gasteiger partial charge < -0.3 is 9.84 Å². The minimum Gasteiger partial charge on any atom is -0.444 e. The lowest BCUT2D eigenvalue weighted by molar-refractivity contribution is 0.0158. The van der Waals surface area contributed by atoms with Crippen molar-refractivity contribution in [3.05, 3.63) is 35.4 Å². The molecule has 0 unspecified atom stereocenters. The van der Waals surface area contributed by atoms with E-state index in [-0.39, 0.29) is 18.7 Å². The van der Waals surface area contributed by atoms with Crippen molar-refractivity contribution < 1.29 is 14.6 Å². The number of carbonyl (C=O) groups is 1. The van der Waals surface area contributed by atoms with Crippen LogP contribution < -0.4 is 0 Å². The van der Waals surface area contributed by atoms with E-state index in [1.807, 2.05) is 39.0 Å². The average Bonchev–Trinajstić information content (AvgIpc) is 2.73. The highest BCUT2D eigenvalue weighted by molar-refractivity contribution is 5.70. The van der Waals surface area contributed by atoms with Crippen LogP contribution in [0.25, 0.3) is 0 Å². The predicted octanol–water partition coefficient (Wildman–Crippen LogP) is 3.25. The number of rotatable bonds is 3. The summed E-state index contributed by atoms with van der Waals surface area (Å²) in [6.07, 6.45) is 1.15. The minimum atomic E-state index is -0.493. The van der Waals surface area contributed by atoms with Crippen LogP contribution in [0.3, 0.4) is 0 Å². The molecule has 1 aromatic rings. The van der Waals surface area contributed by atoms with Crippen LogP contribution in [0.5, 0.6) is 0 Å². The van der Waals surface area contributed by atoms with E-state index in [0.717, 1.165) is 6.42 Å². The zero-order valence-electron chi connectivity index (χ0n) is 12.4. The molecule has 1 aliphatic heterocycles. The highest BCUT2D eigenvalue weighted by Crippen LogP contribution is 2.37. The summed E-state index contributed by atoms with van der Waals surface area (Å²) >= 11 is 0. The Hall–Kier alpha value is -1.55. The molecule has 0 bridgehead atoms. The van der Waals surface area contributed by atoms with Crippen molar-refractivity contribution in [3.8, 4) is 0 Å². The molecule has 2 rings (SSSR count). The summed E-state index contributed by atoms with van der Waals surface area (Å²) in [7, 11) is 0. The van der Waals surface area contributed by atoms with Crippen LogP contribution in [0.2, 0.25) is 0 Å². The van der Waals surface area contributed by atoms with Crippen molar-refractivity contribution in [2.45, 2.75) is 51.8 Å². The van der Waals surface area contributed by atoms with Gasteiger partial charge in [0.2, 0.25) is 0 Å². The summed E-state index contributed by atoms with van der Waals surface area (Å²) in [6.45, 7) is 6.34. The third kappa shape index (κ3) is 3.31. The van der Waals surface area contributed by atoms with Gasteiger partial charge in [-0.15, -0.1) is 0 Å². The molecule has 4 heteroatoms. The fourth-order valence-electron chi connectivity index (χ4n) is 2.57. The quantitative estimate of drug-likeness (QED) is 0.922. The number of hydrogen-bond donors (Lipinski definition) is 1. The smallest absolute Gasteiger partial charge is 0.411 e. The van der Waals surface area contributed by atoms with Gasteiger partial charge >= 0.3 is 6.09 Å². The lowest BCUT2D eigenvalue weighted by Gasteiger charge is -2.29. The van der Waals surface area contributed by atoms with Gasteiger partial charge in [0.25, 0.3) is 0 Å². The van der Waals surface area contributed by atoms with Gasteiger partial charge in [0.05, 0.1) is 6.04 Å². The van der Waals surface area contributed by atoms with Crippen molar-refractivity contribution in [2.75, 3.05) is 6.61 Å². The van der Waals surface area contributed by atoms with Crippen LogP contribution in [-0.2, 0) is 11.3 Å². The van der Waals surface area contributed by atoms with Gasteiger partial charge in [-0.2, -0.15) is 0 Å². The van der Waals surface area contributed by atoms with E-state index in [0.29, 0.717) is 13.0 Å². The lowest BCUT2D eigenvalue weighted by Crippen LogP contribution is -2.35. The largest absolute Gasteiger partial charge is 0.444 e. The zero-order valence-corrected chi connectivity index (χ0v) is 12.4. The molecule has 1 N–H and O–H groups in total. The SMILES string of the molecule is CC(C)(C)OC(=O)N1Cc2ccccc2[C@H]1CCCO. The molecule has 1 heterocycles. The number of nitrogens with zero attached hydrogens (tertiary/aromatic N) is 1. The molecule has 0 saturated carbocycles. The first kappa shape index (κ1) is 14.9. The lowest BCUT2D eigenvalue weighted by atomic mass is 10.0. The first-order valence-electron chi connectivity index (χ1n) is 7.10. The Bertz CT molecular complexity index is 479. The third-order valence-corrected chi connectivity index (χ3v) is 3.39. The van der Waals surface area contributed by atoms with Gasteiger partial charge in [-0.3, -0.25) is 4.90 Å². The van der Waals surface area contributed by atoms with E-state index in [9.17, 15) is 4.79 Å². The Morgan fingerprint density at radius 1 is 1.40 bits per heavy atom.